The summed E-state index contributed by atoms with van der Waals surface area (Å²) in [7, 11) is 1.68. The fourth-order valence-electron chi connectivity index (χ4n) is 0.974. The summed E-state index contributed by atoms with van der Waals surface area (Å²) < 4.78 is 9.74. The van der Waals surface area contributed by atoms with Gasteiger partial charge in [0, 0.05) is 7.05 Å². The van der Waals surface area contributed by atoms with Crippen molar-refractivity contribution in [3.63, 3.8) is 0 Å². The van der Waals surface area contributed by atoms with E-state index < -0.39 is 5.97 Å². The molecule has 1 aromatic heterocycles. The maximum absolute atomic E-state index is 11.4. The zero-order chi connectivity index (χ0) is 10.6. The van der Waals surface area contributed by atoms with E-state index >= 15 is 0 Å². The van der Waals surface area contributed by atoms with Gasteiger partial charge in [0.05, 0.1) is 12.2 Å². The highest BCUT2D eigenvalue weighted by atomic mass is 32.1. The Labute approximate surface area is 87.2 Å². The van der Waals surface area contributed by atoms with Crippen LogP contribution in [0.25, 0.3) is 0 Å². The minimum atomic E-state index is -0.422. The highest BCUT2D eigenvalue weighted by Gasteiger charge is 2.17. The normalized spacial score (nSPS) is 9.57. The summed E-state index contributed by atoms with van der Waals surface area (Å²) in [5.74, 6) is -0.422. The zero-order valence-corrected chi connectivity index (χ0v) is 8.81. The number of carbonyl (C=O) groups excluding carboxylic acids is 1. The average Bonchev–Trinajstić information content (AvgIpc) is 2.65. The number of rotatable bonds is 3. The van der Waals surface area contributed by atoms with Gasteiger partial charge in [-0.15, -0.1) is 0 Å². The van der Waals surface area contributed by atoms with E-state index in [9.17, 15) is 4.79 Å². The van der Waals surface area contributed by atoms with Crippen LogP contribution in [0.3, 0.4) is 0 Å². The van der Waals surface area contributed by atoms with E-state index in [1.165, 1.54) is 12.5 Å². The summed E-state index contributed by atoms with van der Waals surface area (Å²) in [6, 6.07) is 0. The van der Waals surface area contributed by atoms with Crippen LogP contribution in [0.1, 0.15) is 22.8 Å². The Kier molecular flexibility index (Phi) is 3.64. The smallest absolute Gasteiger partial charge is 0.342 e. The van der Waals surface area contributed by atoms with Gasteiger partial charge in [0.2, 0.25) is 0 Å². The molecule has 0 fully saturated rings. The molecule has 5 heteroatoms. The Morgan fingerprint density at radius 3 is 2.79 bits per heavy atom. The standard InChI is InChI=1S/C9H11NO3S/c1-3-13-9(11)7-5-12-4-6(7)8(14)10-2/h4-5H,3H2,1-2H3,(H,10,14). The number of thiocarbonyl (C=S) groups is 1. The first-order valence-electron chi connectivity index (χ1n) is 4.16. The van der Waals surface area contributed by atoms with Crippen molar-refractivity contribution in [1.82, 2.24) is 5.32 Å². The molecule has 0 atom stereocenters. The van der Waals surface area contributed by atoms with Crippen LogP contribution >= 0.6 is 12.2 Å². The first-order valence-corrected chi connectivity index (χ1v) is 4.57. The lowest BCUT2D eigenvalue weighted by molar-refractivity contribution is 0.0525. The lowest BCUT2D eigenvalue weighted by Gasteiger charge is -2.02. The summed E-state index contributed by atoms with van der Waals surface area (Å²) >= 11 is 4.99. The number of esters is 1. The molecule has 4 nitrogen and oxygen atoms in total. The van der Waals surface area contributed by atoms with Crippen molar-refractivity contribution in [1.29, 1.82) is 0 Å². The van der Waals surface area contributed by atoms with E-state index in [1.807, 2.05) is 0 Å². The van der Waals surface area contributed by atoms with Gasteiger partial charge in [0.1, 0.15) is 23.1 Å². The van der Waals surface area contributed by atoms with Gasteiger partial charge in [0.15, 0.2) is 0 Å². The van der Waals surface area contributed by atoms with Gasteiger partial charge >= 0.3 is 5.97 Å². The quantitative estimate of drug-likeness (QED) is 0.606. The summed E-state index contributed by atoms with van der Waals surface area (Å²) in [5.41, 5.74) is 0.909. The van der Waals surface area contributed by atoms with Crippen molar-refractivity contribution in [3.05, 3.63) is 23.7 Å². The fraction of sp³-hybridized carbons (Fsp3) is 0.333. The Morgan fingerprint density at radius 1 is 1.57 bits per heavy atom. The first-order chi connectivity index (χ1) is 6.70. The molecule has 14 heavy (non-hydrogen) atoms. The molecule has 1 heterocycles. The van der Waals surface area contributed by atoms with Gasteiger partial charge < -0.3 is 14.5 Å². The molecule has 0 aliphatic rings. The summed E-state index contributed by atoms with van der Waals surface area (Å²) in [6.07, 6.45) is 2.75. The summed E-state index contributed by atoms with van der Waals surface area (Å²) in [6.45, 7) is 2.07. The maximum Gasteiger partial charge on any atom is 0.342 e. The molecule has 0 aliphatic carbocycles. The Hall–Kier alpha value is -1.36. The van der Waals surface area contributed by atoms with E-state index in [1.54, 1.807) is 14.0 Å². The minimum absolute atomic E-state index is 0.329. The maximum atomic E-state index is 11.4. The molecule has 0 spiro atoms. The molecule has 1 aromatic rings. The van der Waals surface area contributed by atoms with Crippen molar-refractivity contribution in [2.75, 3.05) is 13.7 Å². The molecule has 1 N–H and O–H groups in total. The fourth-order valence-corrected chi connectivity index (χ4v) is 1.13. The molecule has 76 valence electrons. The number of hydrogen-bond acceptors (Lipinski definition) is 4. The second-order valence-corrected chi connectivity index (χ2v) is 2.91. The van der Waals surface area contributed by atoms with E-state index in [2.05, 4.69) is 5.32 Å². The largest absolute Gasteiger partial charge is 0.471 e. The van der Waals surface area contributed by atoms with Gasteiger partial charge in [-0.3, -0.25) is 0 Å². The molecular weight excluding hydrogens is 202 g/mol. The molecule has 0 aromatic carbocycles. The molecule has 1 rings (SSSR count). The second-order valence-electron chi connectivity index (χ2n) is 2.50. The highest BCUT2D eigenvalue weighted by Crippen LogP contribution is 2.12. The van der Waals surface area contributed by atoms with Crippen molar-refractivity contribution in [2.24, 2.45) is 0 Å². The Morgan fingerprint density at radius 2 is 2.21 bits per heavy atom. The van der Waals surface area contributed by atoms with E-state index in [-0.39, 0.29) is 0 Å². The summed E-state index contributed by atoms with van der Waals surface area (Å²) in [4.78, 5) is 11.8. The predicted molar refractivity (Wildman–Crippen MR) is 55.4 cm³/mol. The van der Waals surface area contributed by atoms with Crippen LogP contribution in [0.2, 0.25) is 0 Å². The van der Waals surface area contributed by atoms with Crippen molar-refractivity contribution >= 4 is 23.2 Å². The summed E-state index contributed by atoms with van der Waals surface area (Å²) in [5, 5.41) is 2.77. The third-order valence-electron chi connectivity index (χ3n) is 1.63. The van der Waals surface area contributed by atoms with Gasteiger partial charge in [-0.25, -0.2) is 4.79 Å². The van der Waals surface area contributed by atoms with Crippen LogP contribution in [0.5, 0.6) is 0 Å². The van der Waals surface area contributed by atoms with Crippen LogP contribution in [0.15, 0.2) is 16.9 Å². The van der Waals surface area contributed by atoms with E-state index in [0.29, 0.717) is 22.7 Å². The molecule has 0 aliphatic heterocycles. The van der Waals surface area contributed by atoms with E-state index in [4.69, 9.17) is 21.4 Å². The van der Waals surface area contributed by atoms with Gasteiger partial charge in [-0.2, -0.15) is 0 Å². The number of furan rings is 1. The lowest BCUT2D eigenvalue weighted by Crippen LogP contribution is -2.19. The van der Waals surface area contributed by atoms with Crippen molar-refractivity contribution in [2.45, 2.75) is 6.92 Å². The molecule has 0 unspecified atom stereocenters. The Balaban J connectivity index is 2.92. The number of carbonyl (C=O) groups is 1. The molecule has 0 saturated carbocycles. The zero-order valence-electron chi connectivity index (χ0n) is 7.99. The monoisotopic (exact) mass is 213 g/mol. The van der Waals surface area contributed by atoms with Gasteiger partial charge in [0.25, 0.3) is 0 Å². The molecular formula is C9H11NO3S. The third kappa shape index (κ3) is 2.11. The van der Waals surface area contributed by atoms with Crippen LogP contribution in [-0.2, 0) is 4.74 Å². The topological polar surface area (TPSA) is 51.5 Å². The predicted octanol–water partition coefficient (Wildman–Crippen LogP) is 1.35. The van der Waals surface area contributed by atoms with Crippen LogP contribution in [0, 0.1) is 0 Å². The first kappa shape index (κ1) is 10.7. The lowest BCUT2D eigenvalue weighted by atomic mass is 10.2. The Bertz CT molecular complexity index is 346. The van der Waals surface area contributed by atoms with Crippen LogP contribution in [-0.4, -0.2) is 24.6 Å². The van der Waals surface area contributed by atoms with Crippen LogP contribution < -0.4 is 5.32 Å². The molecule has 0 bridgehead atoms. The van der Waals surface area contributed by atoms with Gasteiger partial charge in [-0.05, 0) is 6.92 Å². The van der Waals surface area contributed by atoms with E-state index in [0.717, 1.165) is 0 Å². The molecule has 0 saturated heterocycles. The number of ether oxygens (including phenoxy) is 1. The van der Waals surface area contributed by atoms with Crippen LogP contribution in [0.4, 0.5) is 0 Å². The molecule has 0 amide bonds. The van der Waals surface area contributed by atoms with Crippen molar-refractivity contribution < 1.29 is 13.9 Å². The van der Waals surface area contributed by atoms with Crippen molar-refractivity contribution in [3.8, 4) is 0 Å². The second kappa shape index (κ2) is 4.76. The minimum Gasteiger partial charge on any atom is -0.471 e. The van der Waals surface area contributed by atoms with Gasteiger partial charge in [-0.1, -0.05) is 12.2 Å². The average molecular weight is 213 g/mol. The SMILES string of the molecule is CCOC(=O)c1cocc1C(=S)NC. The number of nitrogens with one attached hydrogen (secondary N) is 1. The highest BCUT2D eigenvalue weighted by molar-refractivity contribution is 7.80. The molecule has 0 radical (unpaired) electrons. The number of hydrogen-bond donors (Lipinski definition) is 1. The third-order valence-corrected chi connectivity index (χ3v) is 2.05.